The van der Waals surface area contributed by atoms with Crippen molar-refractivity contribution >= 4 is 122 Å². The molecule has 0 amide bonds. The van der Waals surface area contributed by atoms with Gasteiger partial charge in [0.15, 0.2) is 0 Å². The van der Waals surface area contributed by atoms with E-state index in [1.54, 1.807) is 0 Å². The van der Waals surface area contributed by atoms with E-state index in [9.17, 15) is 0 Å². The lowest BCUT2D eigenvalue weighted by molar-refractivity contribution is 0.615. The first-order valence-corrected chi connectivity index (χ1v) is 39.7. The van der Waals surface area contributed by atoms with Crippen molar-refractivity contribution in [3.8, 4) is 61.6 Å². The number of aromatic nitrogens is 3. The molecular weight excluding hydrogens is 1390 g/mol. The smallest absolute Gasteiger partial charge is 0.0721 e. The Morgan fingerprint density at radius 2 is 0.513 bits per heavy atom. The van der Waals surface area contributed by atoms with Gasteiger partial charge in [-0.1, -0.05) is 261 Å². The zero-order valence-electron chi connectivity index (χ0n) is 63.4. The van der Waals surface area contributed by atoms with Crippen molar-refractivity contribution < 1.29 is 0 Å². The second-order valence-corrected chi connectivity index (χ2v) is 30.6. The topological polar surface area (TPSA) is 24.5 Å². The summed E-state index contributed by atoms with van der Waals surface area (Å²) >= 11 is 0. The summed E-state index contributed by atoms with van der Waals surface area (Å²) in [6.45, 7) is 2.41. The van der Waals surface area contributed by atoms with Gasteiger partial charge in [-0.15, -0.1) is 0 Å². The lowest BCUT2D eigenvalue weighted by Crippen LogP contribution is -2.41. The van der Waals surface area contributed by atoms with Crippen LogP contribution in [0.5, 0.6) is 0 Å². The molecule has 0 bridgehead atoms. The van der Waals surface area contributed by atoms with Crippen LogP contribution in [0.1, 0.15) is 24.5 Å². The van der Waals surface area contributed by atoms with Crippen LogP contribution >= 0.6 is 0 Å². The molecule has 0 saturated carbocycles. The number of rotatable bonds is 15. The lowest BCUT2D eigenvalue weighted by atomic mass is 9.78. The average molecular weight is 1470 g/mol. The first kappa shape index (κ1) is 67.0. The van der Waals surface area contributed by atoms with Crippen molar-refractivity contribution in [2.24, 2.45) is 0 Å². The Balaban J connectivity index is 0.543. The summed E-state index contributed by atoms with van der Waals surface area (Å²) < 4.78 is 7.17. The highest BCUT2D eigenvalue weighted by molar-refractivity contribution is 6.12. The molecule has 4 heterocycles. The van der Waals surface area contributed by atoms with Gasteiger partial charge in [-0.25, -0.2) is 0 Å². The van der Waals surface area contributed by atoms with E-state index < -0.39 is 0 Å². The van der Waals surface area contributed by atoms with E-state index in [-0.39, 0.29) is 5.54 Å². The average Bonchev–Trinajstić information content (AvgIpc) is 1.57. The van der Waals surface area contributed by atoms with Crippen LogP contribution in [-0.2, 0) is 0 Å². The van der Waals surface area contributed by atoms with Crippen molar-refractivity contribution in [2.45, 2.75) is 18.9 Å². The summed E-state index contributed by atoms with van der Waals surface area (Å²) in [5.41, 5.74) is 33.7. The summed E-state index contributed by atoms with van der Waals surface area (Å²) in [4.78, 5) is 7.29. The van der Waals surface area contributed by atoms with E-state index in [1.165, 1.54) is 105 Å². The number of benzene rings is 17. The highest BCUT2D eigenvalue weighted by Crippen LogP contribution is 2.56. The van der Waals surface area contributed by atoms with Crippen LogP contribution in [0.15, 0.2) is 431 Å². The van der Waals surface area contributed by atoms with Gasteiger partial charge in [0, 0.05) is 107 Å². The number of fused-ring (bicyclic) bond motifs is 12. The molecule has 0 saturated heterocycles. The molecule has 3 aromatic heterocycles. The van der Waals surface area contributed by atoms with Gasteiger partial charge in [0.25, 0.3) is 0 Å². The molecule has 542 valence electrons. The summed E-state index contributed by atoms with van der Waals surface area (Å²) in [6, 6.07) is 153. The maximum atomic E-state index is 2.55. The predicted molar refractivity (Wildman–Crippen MR) is 485 cm³/mol. The van der Waals surface area contributed by atoms with Gasteiger partial charge in [-0.2, -0.15) is 0 Å². The van der Waals surface area contributed by atoms with Crippen molar-refractivity contribution in [1.29, 1.82) is 0 Å². The molecule has 0 spiro atoms. The van der Waals surface area contributed by atoms with Crippen molar-refractivity contribution in [3.63, 3.8) is 0 Å². The third-order valence-electron chi connectivity index (χ3n) is 24.1. The molecule has 0 N–H and O–H groups in total. The number of anilines is 8. The summed E-state index contributed by atoms with van der Waals surface area (Å²) in [5.74, 6) is 0. The van der Waals surface area contributed by atoms with E-state index in [0.717, 1.165) is 96.5 Å². The van der Waals surface area contributed by atoms with Gasteiger partial charge in [0.05, 0.1) is 38.6 Å². The minimum Gasteiger partial charge on any atom is -0.331 e. The van der Waals surface area contributed by atoms with Crippen LogP contribution in [0.3, 0.4) is 0 Å². The van der Waals surface area contributed by atoms with E-state index in [0.29, 0.717) is 0 Å². The van der Waals surface area contributed by atoms with Gasteiger partial charge < -0.3 is 28.4 Å². The SMILES string of the molecule is CC12CC(c3ccc(N(c4ccc(-c5ccc(-n6c7ccccc7c7ccccc76)cc5)cc4)c4ccc(-c5ccc6c(c5)c5ccccc5n6-c5ccc(-c6ccc(N(c7ccccc7)c7ccc(-c8ccc(-n9c%10ccccc%10c%10ccccc%109)cc8)cc7)cc6)cc5)cc4)cc3)=CC=C1c1ccccc1N2c1ccccc1. The quantitative estimate of drug-likeness (QED) is 0.102. The second-order valence-electron chi connectivity index (χ2n) is 30.6. The first-order chi connectivity index (χ1) is 56.9. The molecule has 6 nitrogen and oxygen atoms in total. The lowest BCUT2D eigenvalue weighted by Gasteiger charge is -2.40. The van der Waals surface area contributed by atoms with Crippen LogP contribution in [0.25, 0.3) is 138 Å². The molecule has 115 heavy (non-hydrogen) atoms. The molecule has 2 aliphatic rings. The highest BCUT2D eigenvalue weighted by Gasteiger charge is 2.46. The number of para-hydroxylation sites is 8. The van der Waals surface area contributed by atoms with Crippen molar-refractivity contribution in [2.75, 3.05) is 14.7 Å². The van der Waals surface area contributed by atoms with Crippen LogP contribution < -0.4 is 14.7 Å². The Morgan fingerprint density at radius 1 is 0.226 bits per heavy atom. The Kier molecular flexibility index (Phi) is 16.0. The second kappa shape index (κ2) is 27.5. The van der Waals surface area contributed by atoms with E-state index in [1.807, 2.05) is 0 Å². The number of hydrogen-bond acceptors (Lipinski definition) is 3. The Hall–Kier alpha value is -15.0. The van der Waals surface area contributed by atoms with E-state index in [4.69, 9.17) is 0 Å². The molecule has 20 aromatic rings. The normalized spacial score (nSPS) is 13.9. The molecule has 1 unspecified atom stereocenters. The predicted octanol–water partition coefficient (Wildman–Crippen LogP) is 29.4. The molecule has 22 rings (SSSR count). The molecule has 1 atom stereocenters. The van der Waals surface area contributed by atoms with Gasteiger partial charge >= 0.3 is 0 Å². The Labute approximate surface area is 668 Å². The minimum atomic E-state index is -0.265. The monoisotopic (exact) mass is 1470 g/mol. The third-order valence-corrected chi connectivity index (χ3v) is 24.1. The third kappa shape index (κ3) is 11.4. The largest absolute Gasteiger partial charge is 0.331 e. The first-order valence-electron chi connectivity index (χ1n) is 39.7. The maximum Gasteiger partial charge on any atom is 0.0721 e. The summed E-state index contributed by atoms with van der Waals surface area (Å²) in [7, 11) is 0. The number of nitrogens with zero attached hydrogens (tertiary/aromatic N) is 6. The van der Waals surface area contributed by atoms with Gasteiger partial charge in [0.2, 0.25) is 0 Å². The standard InChI is InChI=1S/C109H76N6/c1-109-73-83(52-70-101(109)99-29-13-19-35-108(99)115(109)93-22-6-3-7-23-93)81-50-62-89(63-51-81)111(87-58-40-76(41-59-87)78-44-66-91(67-45-78)113-104-32-16-10-26-96(104)97-27-11-17-33-105(97)113)88-60-48-80(49-61-88)82-53-71-107-100(72-82)98-28-12-18-34-106(98)114(107)92-68-46-79(47-69-92)75-38-56-86(57-39-75)110(84-20-4-2-5-21-84)85-54-36-74(37-55-85)77-42-64-90(65-43-77)112-102-30-14-8-24-94(102)95-25-9-15-31-103(95)112/h2-72H,73H2,1H3. The Morgan fingerprint density at radius 3 is 0.904 bits per heavy atom. The fourth-order valence-electron chi connectivity index (χ4n) is 18.6. The molecule has 0 fully saturated rings. The Bertz CT molecular complexity index is 7070. The van der Waals surface area contributed by atoms with Crippen LogP contribution in [-0.4, -0.2) is 19.2 Å². The van der Waals surface area contributed by atoms with Crippen molar-refractivity contribution in [1.82, 2.24) is 13.7 Å². The van der Waals surface area contributed by atoms with Crippen LogP contribution in [0, 0.1) is 0 Å². The molecule has 1 aliphatic carbocycles. The highest BCUT2D eigenvalue weighted by atomic mass is 15.2. The van der Waals surface area contributed by atoms with Crippen LogP contribution in [0.4, 0.5) is 45.5 Å². The van der Waals surface area contributed by atoms with Crippen molar-refractivity contribution in [3.05, 3.63) is 442 Å². The summed E-state index contributed by atoms with van der Waals surface area (Å²) in [6.07, 6.45) is 5.58. The molecular formula is C109H76N6. The van der Waals surface area contributed by atoms with E-state index in [2.05, 4.69) is 466 Å². The molecule has 6 heteroatoms. The molecule has 17 aromatic carbocycles. The zero-order chi connectivity index (χ0) is 76.1. The molecule has 0 radical (unpaired) electrons. The number of hydrogen-bond donors (Lipinski definition) is 0. The minimum absolute atomic E-state index is 0.265. The number of allylic oxidation sites excluding steroid dienone is 2. The fourth-order valence-corrected chi connectivity index (χ4v) is 18.6. The van der Waals surface area contributed by atoms with Gasteiger partial charge in [-0.05, 0) is 238 Å². The fraction of sp³-hybridized carbons (Fsp3) is 0.0275. The van der Waals surface area contributed by atoms with Crippen LogP contribution in [0.2, 0.25) is 0 Å². The van der Waals surface area contributed by atoms with Gasteiger partial charge in [0.1, 0.15) is 0 Å². The summed E-state index contributed by atoms with van der Waals surface area (Å²) in [5, 5.41) is 7.47. The van der Waals surface area contributed by atoms with Gasteiger partial charge in [-0.3, -0.25) is 0 Å². The maximum absolute atomic E-state index is 2.55. The zero-order valence-corrected chi connectivity index (χ0v) is 63.4. The van der Waals surface area contributed by atoms with E-state index >= 15 is 0 Å². The molecule has 1 aliphatic heterocycles.